The quantitative estimate of drug-likeness (QED) is 0.745. The number of fused-ring (bicyclic) bond motifs is 1. The minimum Gasteiger partial charge on any atom is -0.297 e. The molecule has 3 heterocycles. The van der Waals surface area contributed by atoms with E-state index in [1.165, 1.54) is 11.1 Å². The van der Waals surface area contributed by atoms with E-state index >= 15 is 0 Å². The van der Waals surface area contributed by atoms with Crippen molar-refractivity contribution in [2.45, 2.75) is 25.8 Å². The number of benzene rings is 1. The van der Waals surface area contributed by atoms with Crippen molar-refractivity contribution in [1.82, 2.24) is 14.3 Å². The molecule has 0 bridgehead atoms. The van der Waals surface area contributed by atoms with Crippen LogP contribution in [0.15, 0.2) is 59.5 Å². The number of aryl methyl sites for hydroxylation is 1. The molecule has 0 saturated carbocycles. The molecule has 1 aromatic carbocycles. The highest BCUT2D eigenvalue weighted by molar-refractivity contribution is 5.38. The first-order valence-electron chi connectivity index (χ1n) is 8.46. The van der Waals surface area contributed by atoms with E-state index in [0.29, 0.717) is 5.92 Å². The van der Waals surface area contributed by atoms with Gasteiger partial charge in [0.15, 0.2) is 0 Å². The van der Waals surface area contributed by atoms with Crippen LogP contribution in [0.3, 0.4) is 0 Å². The molecule has 1 atom stereocenters. The average molecular weight is 319 g/mol. The third-order valence-corrected chi connectivity index (χ3v) is 4.91. The van der Waals surface area contributed by atoms with Crippen molar-refractivity contribution in [1.29, 1.82) is 0 Å². The van der Waals surface area contributed by atoms with Crippen molar-refractivity contribution in [3.05, 3.63) is 81.9 Å². The Morgan fingerprint density at radius 3 is 2.88 bits per heavy atom. The van der Waals surface area contributed by atoms with Gasteiger partial charge < -0.3 is 0 Å². The average Bonchev–Trinajstić information content (AvgIpc) is 3.03. The van der Waals surface area contributed by atoms with Crippen molar-refractivity contribution in [3.8, 4) is 0 Å². The Morgan fingerprint density at radius 2 is 2.00 bits per heavy atom. The minimum atomic E-state index is -0.00903. The van der Waals surface area contributed by atoms with E-state index < -0.39 is 0 Å². The Kier molecular flexibility index (Phi) is 3.90. The topological polar surface area (TPSA) is 37.6 Å². The number of nitrogens with zero attached hydrogens (tertiary/aromatic N) is 3. The monoisotopic (exact) mass is 319 g/mol. The van der Waals surface area contributed by atoms with Crippen LogP contribution < -0.4 is 5.56 Å². The van der Waals surface area contributed by atoms with Crippen molar-refractivity contribution >= 4 is 5.65 Å². The van der Waals surface area contributed by atoms with Gasteiger partial charge in [0, 0.05) is 25.4 Å². The molecule has 1 aliphatic rings. The second kappa shape index (κ2) is 6.21. The summed E-state index contributed by atoms with van der Waals surface area (Å²) in [4.78, 5) is 19.2. The lowest BCUT2D eigenvalue weighted by Crippen LogP contribution is -2.23. The van der Waals surface area contributed by atoms with Crippen LogP contribution in [-0.4, -0.2) is 27.4 Å². The molecular weight excluding hydrogens is 298 g/mol. The van der Waals surface area contributed by atoms with Gasteiger partial charge in [-0.05, 0) is 49.1 Å². The number of hydrogen-bond donors (Lipinski definition) is 0. The number of hydrogen-bond acceptors (Lipinski definition) is 3. The summed E-state index contributed by atoms with van der Waals surface area (Å²) in [7, 11) is 0. The highest BCUT2D eigenvalue weighted by atomic mass is 16.1. The lowest BCUT2D eigenvalue weighted by molar-refractivity contribution is 0.322. The molecule has 4 heteroatoms. The van der Waals surface area contributed by atoms with Gasteiger partial charge >= 0.3 is 0 Å². The molecular formula is C20H21N3O. The predicted molar refractivity (Wildman–Crippen MR) is 95.3 cm³/mol. The number of rotatable bonds is 3. The summed E-state index contributed by atoms with van der Waals surface area (Å²) in [5.74, 6) is 0.577. The lowest BCUT2D eigenvalue weighted by Gasteiger charge is -2.17. The van der Waals surface area contributed by atoms with Crippen LogP contribution in [0.4, 0.5) is 0 Å². The summed E-state index contributed by atoms with van der Waals surface area (Å²) in [6.07, 6.45) is 2.93. The predicted octanol–water partition coefficient (Wildman–Crippen LogP) is 2.99. The first-order valence-corrected chi connectivity index (χ1v) is 8.46. The van der Waals surface area contributed by atoms with Crippen molar-refractivity contribution in [2.75, 3.05) is 13.1 Å². The van der Waals surface area contributed by atoms with E-state index in [9.17, 15) is 4.79 Å². The molecule has 0 N–H and O–H groups in total. The zero-order valence-corrected chi connectivity index (χ0v) is 13.9. The molecule has 24 heavy (non-hydrogen) atoms. The van der Waals surface area contributed by atoms with E-state index in [0.717, 1.165) is 37.4 Å². The minimum absolute atomic E-state index is 0.00903. The Balaban J connectivity index is 1.53. The van der Waals surface area contributed by atoms with Gasteiger partial charge in [-0.25, -0.2) is 4.98 Å². The Hall–Kier alpha value is -2.46. The van der Waals surface area contributed by atoms with Gasteiger partial charge in [-0.2, -0.15) is 0 Å². The molecule has 0 aliphatic carbocycles. The molecule has 0 unspecified atom stereocenters. The fraction of sp³-hybridized carbons (Fsp3) is 0.300. The van der Waals surface area contributed by atoms with Crippen molar-refractivity contribution in [2.24, 2.45) is 0 Å². The summed E-state index contributed by atoms with van der Waals surface area (Å²) >= 11 is 0. The maximum Gasteiger partial charge on any atom is 0.258 e. The van der Waals surface area contributed by atoms with E-state index in [4.69, 9.17) is 0 Å². The zero-order chi connectivity index (χ0) is 16.5. The SMILES string of the molecule is Cc1ccccc1[C@@H]1CCN(Cc2cc(=O)n3ccccc3n2)C1. The first kappa shape index (κ1) is 15.1. The molecule has 1 aliphatic heterocycles. The van der Waals surface area contributed by atoms with E-state index in [-0.39, 0.29) is 5.56 Å². The third-order valence-electron chi connectivity index (χ3n) is 4.91. The molecule has 4 nitrogen and oxygen atoms in total. The van der Waals surface area contributed by atoms with Crippen LogP contribution in [-0.2, 0) is 6.54 Å². The highest BCUT2D eigenvalue weighted by Crippen LogP contribution is 2.29. The summed E-state index contributed by atoms with van der Waals surface area (Å²) in [6, 6.07) is 15.9. The van der Waals surface area contributed by atoms with Crippen LogP contribution in [0.5, 0.6) is 0 Å². The van der Waals surface area contributed by atoms with Gasteiger partial charge in [0.1, 0.15) is 5.65 Å². The Labute approximate surface area is 141 Å². The number of aromatic nitrogens is 2. The summed E-state index contributed by atoms with van der Waals surface area (Å²) in [6.45, 7) is 5.00. The molecule has 1 fully saturated rings. The molecule has 0 radical (unpaired) electrons. The molecule has 122 valence electrons. The van der Waals surface area contributed by atoms with Gasteiger partial charge in [0.05, 0.1) is 5.69 Å². The van der Waals surface area contributed by atoms with Crippen LogP contribution in [0.25, 0.3) is 5.65 Å². The lowest BCUT2D eigenvalue weighted by atomic mass is 9.94. The highest BCUT2D eigenvalue weighted by Gasteiger charge is 2.25. The largest absolute Gasteiger partial charge is 0.297 e. The fourth-order valence-corrected chi connectivity index (χ4v) is 3.69. The maximum atomic E-state index is 12.2. The molecule has 0 spiro atoms. The molecule has 0 amide bonds. The van der Waals surface area contributed by atoms with Crippen LogP contribution in [0.2, 0.25) is 0 Å². The number of pyridine rings is 1. The summed E-state index contributed by atoms with van der Waals surface area (Å²) < 4.78 is 1.59. The standard InChI is InChI=1S/C20H21N3O/c1-15-6-2-3-7-18(15)16-9-11-22(13-16)14-17-12-20(24)23-10-5-4-8-19(23)21-17/h2-8,10,12,16H,9,11,13-14H2,1H3/t16-/m1/s1. The molecule has 2 aromatic heterocycles. The summed E-state index contributed by atoms with van der Waals surface area (Å²) in [5, 5.41) is 0. The molecule has 1 saturated heterocycles. The normalized spacial score (nSPS) is 18.3. The van der Waals surface area contributed by atoms with Crippen LogP contribution >= 0.6 is 0 Å². The van der Waals surface area contributed by atoms with Crippen molar-refractivity contribution < 1.29 is 0 Å². The molecule has 4 rings (SSSR count). The number of likely N-dealkylation sites (tertiary alicyclic amines) is 1. The summed E-state index contributed by atoms with van der Waals surface area (Å²) in [5.41, 5.74) is 4.38. The smallest absolute Gasteiger partial charge is 0.258 e. The second-order valence-corrected chi connectivity index (χ2v) is 6.59. The third kappa shape index (κ3) is 2.85. The van der Waals surface area contributed by atoms with Crippen LogP contribution in [0.1, 0.15) is 29.2 Å². The van der Waals surface area contributed by atoms with Crippen LogP contribution in [0, 0.1) is 6.92 Å². The van der Waals surface area contributed by atoms with Gasteiger partial charge in [0.2, 0.25) is 0 Å². The van der Waals surface area contributed by atoms with E-state index in [1.807, 2.05) is 18.2 Å². The second-order valence-electron chi connectivity index (χ2n) is 6.59. The first-order chi connectivity index (χ1) is 11.7. The van der Waals surface area contributed by atoms with Gasteiger partial charge in [-0.1, -0.05) is 30.3 Å². The Bertz CT molecular complexity index is 931. The Morgan fingerprint density at radius 1 is 1.17 bits per heavy atom. The zero-order valence-electron chi connectivity index (χ0n) is 13.9. The molecule has 3 aromatic rings. The van der Waals surface area contributed by atoms with Crippen molar-refractivity contribution in [3.63, 3.8) is 0 Å². The van der Waals surface area contributed by atoms with Gasteiger partial charge in [0.25, 0.3) is 5.56 Å². The van der Waals surface area contributed by atoms with E-state index in [2.05, 4.69) is 41.1 Å². The maximum absolute atomic E-state index is 12.2. The fourth-order valence-electron chi connectivity index (χ4n) is 3.69. The van der Waals surface area contributed by atoms with Gasteiger partial charge in [-0.15, -0.1) is 0 Å². The van der Waals surface area contributed by atoms with Gasteiger partial charge in [-0.3, -0.25) is 14.1 Å². The van der Waals surface area contributed by atoms with E-state index in [1.54, 1.807) is 16.7 Å².